The highest BCUT2D eigenvalue weighted by atomic mass is 16.3. The van der Waals surface area contributed by atoms with Crippen LogP contribution in [0, 0.1) is 0 Å². The Morgan fingerprint density at radius 3 is 1.98 bits per heavy atom. The summed E-state index contributed by atoms with van der Waals surface area (Å²) in [5.74, 6) is 0. The van der Waals surface area contributed by atoms with Crippen molar-refractivity contribution < 1.29 is 8.83 Å². The van der Waals surface area contributed by atoms with E-state index < -0.39 is 0 Å². The molecule has 11 rings (SSSR count). The molecule has 48 heavy (non-hydrogen) atoms. The largest absolute Gasteiger partial charge is 0.455 e. The molecular formula is C44H24N2O2. The Morgan fingerprint density at radius 1 is 0.396 bits per heavy atom. The van der Waals surface area contributed by atoms with Gasteiger partial charge in [0.05, 0.1) is 22.1 Å². The summed E-state index contributed by atoms with van der Waals surface area (Å²) < 4.78 is 13.1. The smallest absolute Gasteiger partial charge is 0.161 e. The van der Waals surface area contributed by atoms with Crippen molar-refractivity contribution in [1.29, 1.82) is 0 Å². The maximum absolute atomic E-state index is 6.62. The van der Waals surface area contributed by atoms with Gasteiger partial charge in [0.1, 0.15) is 22.3 Å². The molecular weight excluding hydrogens is 588 g/mol. The molecule has 7 aromatic carbocycles. The van der Waals surface area contributed by atoms with E-state index in [-0.39, 0.29) is 0 Å². The second-order valence-electron chi connectivity index (χ2n) is 12.5. The molecule has 4 nitrogen and oxygen atoms in total. The van der Waals surface area contributed by atoms with Crippen molar-refractivity contribution in [3.8, 4) is 22.4 Å². The molecule has 0 saturated heterocycles. The highest BCUT2D eigenvalue weighted by molar-refractivity contribution is 6.24. The highest BCUT2D eigenvalue weighted by Gasteiger charge is 2.21. The van der Waals surface area contributed by atoms with Gasteiger partial charge in [0, 0.05) is 43.3 Å². The number of furan rings is 2. The van der Waals surface area contributed by atoms with Crippen molar-refractivity contribution in [3.63, 3.8) is 0 Å². The van der Waals surface area contributed by atoms with Crippen LogP contribution in [-0.2, 0) is 0 Å². The summed E-state index contributed by atoms with van der Waals surface area (Å²) in [6.07, 6.45) is 0. The molecule has 0 aliphatic carbocycles. The van der Waals surface area contributed by atoms with Gasteiger partial charge in [-0.25, -0.2) is 9.97 Å². The van der Waals surface area contributed by atoms with Crippen LogP contribution in [0.2, 0.25) is 0 Å². The number of aromatic nitrogens is 2. The molecule has 0 bridgehead atoms. The number of hydrogen-bond donors (Lipinski definition) is 0. The molecule has 0 unspecified atom stereocenters. The number of hydrogen-bond acceptors (Lipinski definition) is 4. The van der Waals surface area contributed by atoms with Crippen LogP contribution < -0.4 is 0 Å². The number of para-hydroxylation sites is 3. The fourth-order valence-corrected chi connectivity index (χ4v) is 7.60. The van der Waals surface area contributed by atoms with Gasteiger partial charge in [0.15, 0.2) is 5.58 Å². The van der Waals surface area contributed by atoms with E-state index in [1.807, 2.05) is 36.4 Å². The van der Waals surface area contributed by atoms with Crippen LogP contribution in [0.15, 0.2) is 154 Å². The van der Waals surface area contributed by atoms with Gasteiger partial charge in [-0.3, -0.25) is 0 Å². The van der Waals surface area contributed by atoms with E-state index in [0.717, 1.165) is 104 Å². The zero-order valence-corrected chi connectivity index (χ0v) is 25.6. The molecule has 4 aromatic heterocycles. The highest BCUT2D eigenvalue weighted by Crippen LogP contribution is 2.44. The summed E-state index contributed by atoms with van der Waals surface area (Å²) in [6, 6.07) is 50.8. The van der Waals surface area contributed by atoms with Crippen molar-refractivity contribution in [2.75, 3.05) is 0 Å². The fraction of sp³-hybridized carbons (Fsp3) is 0. The summed E-state index contributed by atoms with van der Waals surface area (Å²) in [4.78, 5) is 10.5. The first-order valence-corrected chi connectivity index (χ1v) is 16.2. The summed E-state index contributed by atoms with van der Waals surface area (Å²) in [5.41, 5.74) is 10.2. The third kappa shape index (κ3) is 3.54. The molecule has 0 aliphatic rings. The Balaban J connectivity index is 1.22. The molecule has 0 radical (unpaired) electrons. The van der Waals surface area contributed by atoms with Crippen molar-refractivity contribution in [2.24, 2.45) is 0 Å². The number of pyridine rings is 2. The van der Waals surface area contributed by atoms with Crippen LogP contribution >= 0.6 is 0 Å². The molecule has 0 saturated carbocycles. The lowest BCUT2D eigenvalue weighted by Gasteiger charge is -2.13. The molecule has 0 N–H and O–H groups in total. The molecule has 0 amide bonds. The predicted octanol–water partition coefficient (Wildman–Crippen LogP) is 12.2. The van der Waals surface area contributed by atoms with E-state index in [4.69, 9.17) is 18.8 Å². The SMILES string of the molecule is c1cc(-c2cc3cc4ccccc4nc3c3ccccc23)cc(-c2nc3c(ccc4c5ccccc5oc43)c3oc4ccccc4c23)c1. The van der Waals surface area contributed by atoms with E-state index >= 15 is 0 Å². The van der Waals surface area contributed by atoms with Gasteiger partial charge in [-0.1, -0.05) is 97.1 Å². The number of benzene rings is 7. The van der Waals surface area contributed by atoms with Gasteiger partial charge in [0.25, 0.3) is 0 Å². The quantitative estimate of drug-likeness (QED) is 0.144. The molecule has 4 heterocycles. The lowest BCUT2D eigenvalue weighted by atomic mass is 9.93. The van der Waals surface area contributed by atoms with Crippen molar-refractivity contribution >= 4 is 87.4 Å². The lowest BCUT2D eigenvalue weighted by molar-refractivity contribution is 0.668. The first-order chi connectivity index (χ1) is 23.8. The van der Waals surface area contributed by atoms with E-state index in [9.17, 15) is 0 Å². The fourth-order valence-electron chi connectivity index (χ4n) is 7.60. The number of fused-ring (bicyclic) bond motifs is 13. The Morgan fingerprint density at radius 2 is 1.08 bits per heavy atom. The van der Waals surface area contributed by atoms with Crippen molar-refractivity contribution in [3.05, 3.63) is 146 Å². The summed E-state index contributed by atoms with van der Waals surface area (Å²) in [5, 5.41) is 9.66. The van der Waals surface area contributed by atoms with Crippen LogP contribution in [0.1, 0.15) is 0 Å². The van der Waals surface area contributed by atoms with Gasteiger partial charge < -0.3 is 8.83 Å². The maximum atomic E-state index is 6.62. The van der Waals surface area contributed by atoms with E-state index in [2.05, 4.69) is 109 Å². The zero-order valence-electron chi connectivity index (χ0n) is 25.6. The Hall–Kier alpha value is -6.52. The van der Waals surface area contributed by atoms with Crippen LogP contribution in [0.4, 0.5) is 0 Å². The van der Waals surface area contributed by atoms with Crippen molar-refractivity contribution in [2.45, 2.75) is 0 Å². The Kier molecular flexibility index (Phi) is 5.08. The van der Waals surface area contributed by atoms with Crippen LogP contribution in [-0.4, -0.2) is 9.97 Å². The Labute approximate surface area is 273 Å². The van der Waals surface area contributed by atoms with Gasteiger partial charge >= 0.3 is 0 Å². The molecule has 11 aromatic rings. The molecule has 222 valence electrons. The molecule has 0 fully saturated rings. The topological polar surface area (TPSA) is 52.1 Å². The van der Waals surface area contributed by atoms with Gasteiger partial charge in [0.2, 0.25) is 0 Å². The minimum absolute atomic E-state index is 0.772. The minimum Gasteiger partial charge on any atom is -0.455 e. The monoisotopic (exact) mass is 612 g/mol. The second-order valence-corrected chi connectivity index (χ2v) is 12.5. The summed E-state index contributed by atoms with van der Waals surface area (Å²) in [7, 11) is 0. The van der Waals surface area contributed by atoms with Crippen molar-refractivity contribution in [1.82, 2.24) is 9.97 Å². The summed E-state index contributed by atoms with van der Waals surface area (Å²) in [6.45, 7) is 0. The Bertz CT molecular complexity index is 3130. The first kappa shape index (κ1) is 25.6. The van der Waals surface area contributed by atoms with E-state index in [1.54, 1.807) is 0 Å². The molecule has 0 aliphatic heterocycles. The average molecular weight is 613 g/mol. The third-order valence-corrected chi connectivity index (χ3v) is 9.79. The number of rotatable bonds is 2. The van der Waals surface area contributed by atoms with Crippen LogP contribution in [0.3, 0.4) is 0 Å². The van der Waals surface area contributed by atoms with Gasteiger partial charge in [-0.2, -0.15) is 0 Å². The predicted molar refractivity (Wildman–Crippen MR) is 197 cm³/mol. The maximum Gasteiger partial charge on any atom is 0.161 e. The zero-order chi connectivity index (χ0) is 31.3. The molecule has 0 atom stereocenters. The normalized spacial score (nSPS) is 12.2. The summed E-state index contributed by atoms with van der Waals surface area (Å²) >= 11 is 0. The lowest BCUT2D eigenvalue weighted by Crippen LogP contribution is -1.91. The average Bonchev–Trinajstić information content (AvgIpc) is 3.73. The van der Waals surface area contributed by atoms with Crippen LogP contribution in [0.5, 0.6) is 0 Å². The second kappa shape index (κ2) is 9.50. The van der Waals surface area contributed by atoms with Gasteiger partial charge in [-0.15, -0.1) is 0 Å². The third-order valence-electron chi connectivity index (χ3n) is 9.79. The molecule has 0 spiro atoms. The standard InChI is InChI=1S/C44H24N2O2/c1-6-17-36-26(10-1)23-28-24-35(29-13-2-3-15-31(29)40(28)45-36)25-11-9-12-27(22-25)41-39-33-16-5-8-19-38(33)47-43(39)34-21-20-32-30-14-4-7-18-37(30)48-44(32)42(34)46-41/h1-24H. The first-order valence-electron chi connectivity index (χ1n) is 16.2. The van der Waals surface area contributed by atoms with E-state index in [1.165, 1.54) is 5.39 Å². The van der Waals surface area contributed by atoms with Gasteiger partial charge in [-0.05, 0) is 65.0 Å². The molecule has 4 heteroatoms. The van der Waals surface area contributed by atoms with E-state index in [0.29, 0.717) is 0 Å². The number of nitrogens with zero attached hydrogens (tertiary/aromatic N) is 2. The minimum atomic E-state index is 0.772. The van der Waals surface area contributed by atoms with Crippen LogP contribution in [0.25, 0.3) is 110 Å².